The van der Waals surface area contributed by atoms with Gasteiger partial charge in [0.25, 0.3) is 0 Å². The number of nitrogens with zero attached hydrogens (tertiary/aromatic N) is 2. The average molecular weight is 260 g/mol. The number of halogens is 2. The minimum absolute atomic E-state index is 0.131. The lowest BCUT2D eigenvalue weighted by atomic mass is 10.2. The van der Waals surface area contributed by atoms with E-state index in [4.69, 9.17) is 5.84 Å². The topological polar surface area (TPSA) is 54.2 Å². The van der Waals surface area contributed by atoms with Gasteiger partial charge in [-0.15, -0.1) is 0 Å². The SMILES string of the molecule is CN(c1nc(NN)c(F)cc1F)C1CCSC1. The number of rotatable bonds is 3. The molecule has 0 saturated carbocycles. The maximum Gasteiger partial charge on any atom is 0.178 e. The molecule has 1 aliphatic heterocycles. The Kier molecular flexibility index (Phi) is 3.68. The Morgan fingerprint density at radius 2 is 2.29 bits per heavy atom. The summed E-state index contributed by atoms with van der Waals surface area (Å²) in [6, 6.07) is 1.04. The average Bonchev–Trinajstić information content (AvgIpc) is 2.82. The molecule has 0 bridgehead atoms. The fourth-order valence-electron chi connectivity index (χ4n) is 1.81. The van der Waals surface area contributed by atoms with Crippen molar-refractivity contribution in [2.45, 2.75) is 12.5 Å². The van der Waals surface area contributed by atoms with Gasteiger partial charge in [0.1, 0.15) is 0 Å². The van der Waals surface area contributed by atoms with Crippen molar-refractivity contribution in [1.29, 1.82) is 0 Å². The Balaban J connectivity index is 2.30. The molecule has 1 aliphatic rings. The van der Waals surface area contributed by atoms with Crippen molar-refractivity contribution in [3.8, 4) is 0 Å². The number of aromatic nitrogens is 1. The molecule has 1 unspecified atom stereocenters. The second-order valence-electron chi connectivity index (χ2n) is 3.90. The van der Waals surface area contributed by atoms with E-state index in [2.05, 4.69) is 10.4 Å². The molecule has 2 heterocycles. The molecule has 1 saturated heterocycles. The van der Waals surface area contributed by atoms with Crippen molar-refractivity contribution < 1.29 is 8.78 Å². The molecule has 1 atom stereocenters. The molecule has 1 fully saturated rings. The predicted octanol–water partition coefficient (Wildman–Crippen LogP) is 1.59. The van der Waals surface area contributed by atoms with Gasteiger partial charge in [0, 0.05) is 24.9 Å². The molecule has 94 valence electrons. The van der Waals surface area contributed by atoms with Crippen LogP contribution in [0.3, 0.4) is 0 Å². The first-order chi connectivity index (χ1) is 8.13. The number of hydrazine groups is 1. The van der Waals surface area contributed by atoms with Gasteiger partial charge in [-0.3, -0.25) is 0 Å². The van der Waals surface area contributed by atoms with Crippen LogP contribution < -0.4 is 16.2 Å². The lowest BCUT2D eigenvalue weighted by molar-refractivity contribution is 0.564. The van der Waals surface area contributed by atoms with Gasteiger partial charge < -0.3 is 10.3 Å². The summed E-state index contributed by atoms with van der Waals surface area (Å²) >= 11 is 1.82. The van der Waals surface area contributed by atoms with Crippen molar-refractivity contribution in [1.82, 2.24) is 4.98 Å². The fraction of sp³-hybridized carbons (Fsp3) is 0.500. The number of nitrogens with two attached hydrogens (primary N) is 1. The second kappa shape index (κ2) is 5.05. The Labute approximate surface area is 103 Å². The molecule has 1 aromatic rings. The lowest BCUT2D eigenvalue weighted by Crippen LogP contribution is -2.33. The zero-order valence-corrected chi connectivity index (χ0v) is 10.2. The molecule has 0 aliphatic carbocycles. The van der Waals surface area contributed by atoms with Gasteiger partial charge in [-0.1, -0.05) is 0 Å². The number of pyridine rings is 1. The smallest absolute Gasteiger partial charge is 0.178 e. The number of nitrogens with one attached hydrogen (secondary N) is 1. The van der Waals surface area contributed by atoms with Crippen LogP contribution in [0, 0.1) is 11.6 Å². The van der Waals surface area contributed by atoms with Crippen LogP contribution >= 0.6 is 11.8 Å². The largest absolute Gasteiger partial charge is 0.353 e. The van der Waals surface area contributed by atoms with E-state index >= 15 is 0 Å². The van der Waals surface area contributed by atoms with Crippen LogP contribution in [0.4, 0.5) is 20.4 Å². The third-order valence-corrected chi connectivity index (χ3v) is 3.98. The minimum atomic E-state index is -0.789. The molecule has 0 spiro atoms. The van der Waals surface area contributed by atoms with E-state index in [1.54, 1.807) is 11.9 Å². The van der Waals surface area contributed by atoms with Gasteiger partial charge in [0.2, 0.25) is 0 Å². The summed E-state index contributed by atoms with van der Waals surface area (Å²) in [6.07, 6.45) is 0.977. The van der Waals surface area contributed by atoms with E-state index in [1.165, 1.54) is 0 Å². The van der Waals surface area contributed by atoms with E-state index in [1.807, 2.05) is 11.8 Å². The van der Waals surface area contributed by atoms with Crippen LogP contribution in [-0.4, -0.2) is 29.6 Å². The van der Waals surface area contributed by atoms with Crippen LogP contribution in [0.1, 0.15) is 6.42 Å². The van der Waals surface area contributed by atoms with Gasteiger partial charge in [-0.25, -0.2) is 19.6 Å². The van der Waals surface area contributed by atoms with Crippen molar-refractivity contribution >= 4 is 23.4 Å². The van der Waals surface area contributed by atoms with Gasteiger partial charge in [0.15, 0.2) is 23.3 Å². The summed E-state index contributed by atoms with van der Waals surface area (Å²) in [6.45, 7) is 0. The quantitative estimate of drug-likeness (QED) is 0.638. The maximum atomic E-state index is 13.7. The Bertz CT molecular complexity index is 410. The lowest BCUT2D eigenvalue weighted by Gasteiger charge is -2.25. The summed E-state index contributed by atoms with van der Waals surface area (Å²) in [4.78, 5) is 5.61. The molecular formula is C10H14F2N4S. The van der Waals surface area contributed by atoms with E-state index in [0.717, 1.165) is 24.0 Å². The van der Waals surface area contributed by atoms with Crippen LogP contribution in [0.5, 0.6) is 0 Å². The third kappa shape index (κ3) is 2.44. The Hall–Kier alpha value is -1.08. The van der Waals surface area contributed by atoms with Gasteiger partial charge >= 0.3 is 0 Å². The second-order valence-corrected chi connectivity index (χ2v) is 5.05. The summed E-state index contributed by atoms with van der Waals surface area (Å²) in [5.41, 5.74) is 2.12. The van der Waals surface area contributed by atoms with Gasteiger partial charge in [-0.2, -0.15) is 11.8 Å². The van der Waals surface area contributed by atoms with E-state index < -0.39 is 11.6 Å². The van der Waals surface area contributed by atoms with Crippen LogP contribution in [0.25, 0.3) is 0 Å². The highest BCUT2D eigenvalue weighted by atomic mass is 32.2. The maximum absolute atomic E-state index is 13.7. The number of anilines is 2. The highest BCUT2D eigenvalue weighted by molar-refractivity contribution is 7.99. The highest BCUT2D eigenvalue weighted by Gasteiger charge is 2.24. The van der Waals surface area contributed by atoms with Crippen LogP contribution in [0.15, 0.2) is 6.07 Å². The number of thioether (sulfide) groups is 1. The minimum Gasteiger partial charge on any atom is -0.353 e. The van der Waals surface area contributed by atoms with Crippen molar-refractivity contribution in [2.75, 3.05) is 28.9 Å². The number of nitrogen functional groups attached to an aromatic ring is 1. The molecule has 0 radical (unpaired) electrons. The molecular weight excluding hydrogens is 246 g/mol. The van der Waals surface area contributed by atoms with Crippen LogP contribution in [0.2, 0.25) is 0 Å². The summed E-state index contributed by atoms with van der Waals surface area (Å²) in [5, 5.41) is 0. The zero-order chi connectivity index (χ0) is 12.4. The van der Waals surface area contributed by atoms with E-state index in [0.29, 0.717) is 0 Å². The molecule has 0 aromatic carbocycles. The monoisotopic (exact) mass is 260 g/mol. The summed E-state index contributed by atoms with van der Waals surface area (Å²) in [7, 11) is 1.76. The first-order valence-electron chi connectivity index (χ1n) is 5.26. The normalized spacial score (nSPS) is 19.4. The van der Waals surface area contributed by atoms with Crippen molar-refractivity contribution in [2.24, 2.45) is 5.84 Å². The third-order valence-electron chi connectivity index (χ3n) is 2.84. The molecule has 1 aromatic heterocycles. The summed E-state index contributed by atoms with van der Waals surface area (Å²) < 4.78 is 26.9. The zero-order valence-electron chi connectivity index (χ0n) is 9.41. The van der Waals surface area contributed by atoms with E-state index in [-0.39, 0.29) is 17.7 Å². The molecule has 2 rings (SSSR count). The number of hydrogen-bond acceptors (Lipinski definition) is 5. The highest BCUT2D eigenvalue weighted by Crippen LogP contribution is 2.28. The predicted molar refractivity (Wildman–Crippen MR) is 66.1 cm³/mol. The number of hydrogen-bond donors (Lipinski definition) is 2. The van der Waals surface area contributed by atoms with Crippen molar-refractivity contribution in [3.05, 3.63) is 17.7 Å². The first kappa shape index (κ1) is 12.4. The van der Waals surface area contributed by atoms with Gasteiger partial charge in [-0.05, 0) is 12.2 Å². The van der Waals surface area contributed by atoms with Crippen LogP contribution in [-0.2, 0) is 0 Å². The molecule has 7 heteroatoms. The Morgan fingerprint density at radius 1 is 1.53 bits per heavy atom. The molecule has 3 N–H and O–H groups in total. The van der Waals surface area contributed by atoms with Gasteiger partial charge in [0.05, 0.1) is 0 Å². The molecule has 0 amide bonds. The standard InChI is InChI=1S/C10H14F2N4S/c1-16(6-2-3-17-5-6)10-8(12)4-7(11)9(14-10)15-13/h4,6H,2-3,5,13H2,1H3,(H,14,15). The Morgan fingerprint density at radius 3 is 2.88 bits per heavy atom. The first-order valence-corrected chi connectivity index (χ1v) is 6.42. The van der Waals surface area contributed by atoms with E-state index in [9.17, 15) is 8.78 Å². The fourth-order valence-corrected chi connectivity index (χ4v) is 3.07. The molecule has 17 heavy (non-hydrogen) atoms. The molecule has 4 nitrogen and oxygen atoms in total. The van der Waals surface area contributed by atoms with Crippen molar-refractivity contribution in [3.63, 3.8) is 0 Å². The summed E-state index contributed by atoms with van der Waals surface area (Å²) in [5.74, 6) is 5.65.